The predicted molar refractivity (Wildman–Crippen MR) is 159 cm³/mol. The third kappa shape index (κ3) is 10.5. The van der Waals surface area contributed by atoms with Crippen molar-refractivity contribution in [2.24, 2.45) is 0 Å². The number of carboxylic acids is 1. The monoisotopic (exact) mass is 566 g/mol. The van der Waals surface area contributed by atoms with Crippen LogP contribution in [0.3, 0.4) is 0 Å². The SMILES string of the molecule is CCCc1c(OCCCCCCc2ccc(CCCCC(=O)O)cc2CCC(=O)OCC)ccc2c1OCCC2=O. The molecule has 1 heterocycles. The number of esters is 1. The van der Waals surface area contributed by atoms with Crippen LogP contribution in [-0.2, 0) is 40.0 Å². The number of aryl methyl sites for hydroxylation is 3. The fourth-order valence-corrected chi connectivity index (χ4v) is 5.34. The minimum Gasteiger partial charge on any atom is -0.493 e. The van der Waals surface area contributed by atoms with Crippen molar-refractivity contribution in [3.05, 3.63) is 58.1 Å². The molecule has 0 bridgehead atoms. The van der Waals surface area contributed by atoms with Crippen LogP contribution in [0.25, 0.3) is 0 Å². The Labute approximate surface area is 244 Å². The average molecular weight is 567 g/mol. The number of unbranched alkanes of at least 4 members (excludes halogenated alkanes) is 4. The molecule has 1 aliphatic heterocycles. The van der Waals surface area contributed by atoms with E-state index in [2.05, 4.69) is 25.1 Å². The molecule has 0 aromatic heterocycles. The van der Waals surface area contributed by atoms with Crippen molar-refractivity contribution in [1.29, 1.82) is 0 Å². The number of carboxylic acid groups (broad SMARTS) is 1. The van der Waals surface area contributed by atoms with Gasteiger partial charge in [0.2, 0.25) is 0 Å². The first-order valence-corrected chi connectivity index (χ1v) is 15.4. The summed E-state index contributed by atoms with van der Waals surface area (Å²) in [7, 11) is 0. The molecule has 41 heavy (non-hydrogen) atoms. The zero-order valence-corrected chi connectivity index (χ0v) is 24.8. The smallest absolute Gasteiger partial charge is 0.306 e. The maximum Gasteiger partial charge on any atom is 0.306 e. The highest BCUT2D eigenvalue weighted by molar-refractivity contribution is 6.00. The number of hydrogen-bond acceptors (Lipinski definition) is 6. The number of fused-ring (bicyclic) bond motifs is 1. The molecule has 0 fully saturated rings. The third-order valence-electron chi connectivity index (χ3n) is 7.47. The summed E-state index contributed by atoms with van der Waals surface area (Å²) in [5.41, 5.74) is 5.34. The molecule has 0 saturated carbocycles. The lowest BCUT2D eigenvalue weighted by Crippen LogP contribution is -2.17. The van der Waals surface area contributed by atoms with Crippen LogP contribution >= 0.6 is 0 Å². The quantitative estimate of drug-likeness (QED) is 0.143. The van der Waals surface area contributed by atoms with Gasteiger partial charge in [0.1, 0.15) is 11.5 Å². The van der Waals surface area contributed by atoms with Crippen LogP contribution in [0, 0.1) is 0 Å². The van der Waals surface area contributed by atoms with Gasteiger partial charge in [-0.05, 0) is 87.1 Å². The van der Waals surface area contributed by atoms with Gasteiger partial charge in [0.25, 0.3) is 0 Å². The Balaban J connectivity index is 1.47. The maximum atomic E-state index is 12.3. The maximum absolute atomic E-state index is 12.3. The van der Waals surface area contributed by atoms with Crippen LogP contribution in [0.5, 0.6) is 11.5 Å². The predicted octanol–water partition coefficient (Wildman–Crippen LogP) is 7.08. The molecule has 224 valence electrons. The van der Waals surface area contributed by atoms with Crippen LogP contribution in [0.2, 0.25) is 0 Å². The molecule has 0 atom stereocenters. The van der Waals surface area contributed by atoms with Crippen LogP contribution in [0.15, 0.2) is 30.3 Å². The van der Waals surface area contributed by atoms with Crippen molar-refractivity contribution in [3.63, 3.8) is 0 Å². The molecule has 3 rings (SSSR count). The molecule has 0 saturated heterocycles. The molecule has 0 aliphatic carbocycles. The third-order valence-corrected chi connectivity index (χ3v) is 7.47. The van der Waals surface area contributed by atoms with E-state index in [9.17, 15) is 14.4 Å². The number of rotatable bonds is 19. The minimum absolute atomic E-state index is 0.143. The lowest BCUT2D eigenvalue weighted by molar-refractivity contribution is -0.143. The second-order valence-corrected chi connectivity index (χ2v) is 10.7. The van der Waals surface area contributed by atoms with Gasteiger partial charge in [-0.1, -0.05) is 44.4 Å². The fraction of sp³-hybridized carbons (Fsp3) is 0.559. The number of ether oxygens (including phenoxy) is 3. The summed E-state index contributed by atoms with van der Waals surface area (Å²) >= 11 is 0. The molecule has 2 aromatic carbocycles. The first kappa shape index (κ1) is 32.2. The van der Waals surface area contributed by atoms with Gasteiger partial charge in [0.15, 0.2) is 5.78 Å². The van der Waals surface area contributed by atoms with Gasteiger partial charge in [-0.15, -0.1) is 0 Å². The number of ketones is 1. The standard InChI is InChI=1S/C34H46O7/c1-3-11-29-31(19-18-28-30(35)21-23-41-34(28)29)40-22-10-6-5-7-13-26-16-15-25(12-8-9-14-32(36)37)24-27(26)17-20-33(38)39-4-2/h15-16,18-19,24H,3-14,17,20-23H2,1-2H3,(H,36,37). The average Bonchev–Trinajstić information content (AvgIpc) is 2.95. The van der Waals surface area contributed by atoms with Gasteiger partial charge in [-0.25, -0.2) is 0 Å². The van der Waals surface area contributed by atoms with Crippen molar-refractivity contribution in [1.82, 2.24) is 0 Å². The number of hydrogen-bond donors (Lipinski definition) is 1. The number of benzene rings is 2. The van der Waals surface area contributed by atoms with Gasteiger partial charge in [0.05, 0.1) is 25.4 Å². The molecule has 7 heteroatoms. The summed E-state index contributed by atoms with van der Waals surface area (Å²) in [5, 5.41) is 8.87. The normalized spacial score (nSPS) is 12.5. The van der Waals surface area contributed by atoms with Gasteiger partial charge < -0.3 is 19.3 Å². The van der Waals surface area contributed by atoms with Crippen LogP contribution in [0.1, 0.15) is 111 Å². The molecule has 2 aromatic rings. The van der Waals surface area contributed by atoms with Crippen molar-refractivity contribution in [2.75, 3.05) is 19.8 Å². The fourth-order valence-electron chi connectivity index (χ4n) is 5.34. The van der Waals surface area contributed by atoms with E-state index in [0.29, 0.717) is 56.8 Å². The number of Topliss-reactive ketones (excluding diaryl/α,β-unsaturated/α-hetero) is 1. The van der Waals surface area contributed by atoms with Gasteiger partial charge in [0, 0.05) is 24.8 Å². The first-order chi connectivity index (χ1) is 19.9. The Morgan fingerprint density at radius 1 is 0.878 bits per heavy atom. The summed E-state index contributed by atoms with van der Waals surface area (Å²) in [5.74, 6) is 0.753. The Hall–Kier alpha value is -3.35. The summed E-state index contributed by atoms with van der Waals surface area (Å²) in [4.78, 5) is 35.0. The number of carbonyl (C=O) groups excluding carboxylic acids is 2. The van der Waals surface area contributed by atoms with E-state index in [4.69, 9.17) is 19.3 Å². The topological polar surface area (TPSA) is 99.1 Å². The van der Waals surface area contributed by atoms with Crippen LogP contribution in [-0.4, -0.2) is 42.6 Å². The van der Waals surface area contributed by atoms with Crippen molar-refractivity contribution >= 4 is 17.7 Å². The Morgan fingerprint density at radius 3 is 2.46 bits per heavy atom. The van der Waals surface area contributed by atoms with E-state index < -0.39 is 5.97 Å². The highest BCUT2D eigenvalue weighted by atomic mass is 16.5. The van der Waals surface area contributed by atoms with Crippen molar-refractivity contribution in [2.45, 2.75) is 104 Å². The second-order valence-electron chi connectivity index (χ2n) is 10.7. The summed E-state index contributed by atoms with van der Waals surface area (Å²) in [6, 6.07) is 10.3. The number of carbonyl (C=O) groups is 3. The highest BCUT2D eigenvalue weighted by Gasteiger charge is 2.23. The minimum atomic E-state index is -0.755. The molecule has 0 spiro atoms. The summed E-state index contributed by atoms with van der Waals surface area (Å²) in [6.07, 6.45) is 10.9. The molecular weight excluding hydrogens is 520 g/mol. The highest BCUT2D eigenvalue weighted by Crippen LogP contribution is 2.36. The molecule has 1 aliphatic rings. The Bertz CT molecular complexity index is 1150. The van der Waals surface area contributed by atoms with E-state index in [1.165, 1.54) is 16.7 Å². The number of aliphatic carboxylic acids is 1. The van der Waals surface area contributed by atoms with Gasteiger partial charge in [-0.2, -0.15) is 0 Å². The van der Waals surface area contributed by atoms with E-state index in [-0.39, 0.29) is 18.2 Å². The van der Waals surface area contributed by atoms with Gasteiger partial charge in [-0.3, -0.25) is 14.4 Å². The molecule has 0 unspecified atom stereocenters. The lowest BCUT2D eigenvalue weighted by Gasteiger charge is -2.22. The van der Waals surface area contributed by atoms with E-state index in [1.54, 1.807) is 0 Å². The molecule has 7 nitrogen and oxygen atoms in total. The Kier molecular flexibility index (Phi) is 13.7. The lowest BCUT2D eigenvalue weighted by atomic mass is 9.94. The van der Waals surface area contributed by atoms with Crippen molar-refractivity contribution < 1.29 is 33.7 Å². The summed E-state index contributed by atoms with van der Waals surface area (Å²) < 4.78 is 17.1. The van der Waals surface area contributed by atoms with E-state index in [0.717, 1.165) is 69.1 Å². The van der Waals surface area contributed by atoms with Crippen LogP contribution < -0.4 is 9.47 Å². The van der Waals surface area contributed by atoms with E-state index >= 15 is 0 Å². The molecular formula is C34H46O7. The zero-order valence-electron chi connectivity index (χ0n) is 24.8. The van der Waals surface area contributed by atoms with Crippen molar-refractivity contribution in [3.8, 4) is 11.5 Å². The van der Waals surface area contributed by atoms with E-state index in [1.807, 2.05) is 19.1 Å². The summed E-state index contributed by atoms with van der Waals surface area (Å²) in [6.45, 7) is 5.39. The second kappa shape index (κ2) is 17.5. The zero-order chi connectivity index (χ0) is 29.5. The van der Waals surface area contributed by atoms with Crippen LogP contribution in [0.4, 0.5) is 0 Å². The first-order valence-electron chi connectivity index (χ1n) is 15.4. The molecule has 0 radical (unpaired) electrons. The largest absolute Gasteiger partial charge is 0.493 e. The Morgan fingerprint density at radius 2 is 1.68 bits per heavy atom. The molecule has 0 amide bonds. The van der Waals surface area contributed by atoms with Gasteiger partial charge >= 0.3 is 11.9 Å². The molecule has 1 N–H and O–H groups in total.